The molecule has 35 heavy (non-hydrogen) atoms. The van der Waals surface area contributed by atoms with Crippen LogP contribution in [0.25, 0.3) is 21.7 Å². The first-order chi connectivity index (χ1) is 16.7. The first kappa shape index (κ1) is 23.9. The number of Topliss-reactive ketones (excluding diaryl/α,β-unsaturated/α-hetero) is 1. The van der Waals surface area contributed by atoms with Gasteiger partial charge in [-0.15, -0.1) is 11.3 Å². The standard InChI is InChI=1S/C25H29N7OS2/c1-14-12-27-23(34-14)17-10-15-6-7-18(33)16(15)11-19(17)35-24-31-20-21(26)28-13-29-22(20)32(24)9-5-8-30-25(2,3)4/h10-13,30H,5-9H2,1-4H3,(H2,26,28,29). The minimum absolute atomic E-state index is 0.0544. The summed E-state index contributed by atoms with van der Waals surface area (Å²) in [6.07, 6.45) is 5.62. The summed E-state index contributed by atoms with van der Waals surface area (Å²) in [7, 11) is 0. The lowest BCUT2D eigenvalue weighted by atomic mass is 10.1. The van der Waals surface area contributed by atoms with Gasteiger partial charge in [0, 0.05) is 45.6 Å². The molecule has 0 saturated carbocycles. The second kappa shape index (κ2) is 9.33. The Morgan fingerprint density at radius 1 is 1.17 bits per heavy atom. The van der Waals surface area contributed by atoms with Crippen LogP contribution in [-0.2, 0) is 13.0 Å². The highest BCUT2D eigenvalue weighted by Gasteiger charge is 2.25. The Morgan fingerprint density at radius 3 is 2.74 bits per heavy atom. The lowest BCUT2D eigenvalue weighted by Crippen LogP contribution is -2.36. The van der Waals surface area contributed by atoms with E-state index < -0.39 is 0 Å². The summed E-state index contributed by atoms with van der Waals surface area (Å²) in [5.74, 6) is 0.559. The van der Waals surface area contributed by atoms with Gasteiger partial charge in [-0.25, -0.2) is 19.9 Å². The molecule has 0 amide bonds. The maximum atomic E-state index is 12.5. The number of aryl methyl sites for hydroxylation is 3. The third kappa shape index (κ3) is 4.96. The van der Waals surface area contributed by atoms with Crippen LogP contribution in [0.5, 0.6) is 0 Å². The van der Waals surface area contributed by atoms with E-state index >= 15 is 0 Å². The monoisotopic (exact) mass is 507 g/mol. The largest absolute Gasteiger partial charge is 0.382 e. The number of nitrogens with zero attached hydrogens (tertiary/aromatic N) is 5. The highest BCUT2D eigenvalue weighted by Crippen LogP contribution is 2.41. The van der Waals surface area contributed by atoms with Gasteiger partial charge in [-0.2, -0.15) is 0 Å². The van der Waals surface area contributed by atoms with Gasteiger partial charge in [-0.1, -0.05) is 11.8 Å². The van der Waals surface area contributed by atoms with Crippen molar-refractivity contribution >= 4 is 45.9 Å². The highest BCUT2D eigenvalue weighted by atomic mass is 32.2. The van der Waals surface area contributed by atoms with Crippen molar-refractivity contribution in [2.75, 3.05) is 12.3 Å². The molecule has 0 fully saturated rings. The SMILES string of the molecule is Cc1cnc(-c2cc3c(cc2Sc2nc4c(N)ncnc4n2CCCNC(C)(C)C)C(=O)CC3)s1. The van der Waals surface area contributed by atoms with Crippen LogP contribution in [0, 0.1) is 6.92 Å². The average Bonchev–Trinajstić information content (AvgIpc) is 3.49. The van der Waals surface area contributed by atoms with Crippen LogP contribution in [0.15, 0.2) is 34.7 Å². The van der Waals surface area contributed by atoms with Crippen LogP contribution in [0.3, 0.4) is 0 Å². The van der Waals surface area contributed by atoms with Crippen LogP contribution < -0.4 is 11.1 Å². The number of nitrogen functional groups attached to an aromatic ring is 1. The fourth-order valence-electron chi connectivity index (χ4n) is 4.22. The number of carbonyl (C=O) groups excluding carboxylic acids is 1. The van der Waals surface area contributed by atoms with Crippen LogP contribution in [-0.4, -0.2) is 42.4 Å². The summed E-state index contributed by atoms with van der Waals surface area (Å²) in [6.45, 7) is 10.1. The molecule has 10 heteroatoms. The number of hydrogen-bond donors (Lipinski definition) is 2. The molecule has 1 aliphatic carbocycles. The van der Waals surface area contributed by atoms with Crippen molar-refractivity contribution in [1.29, 1.82) is 0 Å². The summed E-state index contributed by atoms with van der Waals surface area (Å²) in [6, 6.07) is 4.15. The maximum Gasteiger partial charge on any atom is 0.175 e. The van der Waals surface area contributed by atoms with E-state index in [4.69, 9.17) is 10.7 Å². The lowest BCUT2D eigenvalue weighted by molar-refractivity contribution is 0.0994. The van der Waals surface area contributed by atoms with Gasteiger partial charge >= 0.3 is 0 Å². The number of anilines is 1. The van der Waals surface area contributed by atoms with Crippen molar-refractivity contribution in [3.05, 3.63) is 40.7 Å². The van der Waals surface area contributed by atoms with Crippen LogP contribution >= 0.6 is 23.1 Å². The number of benzene rings is 1. The molecule has 0 bridgehead atoms. The zero-order chi connectivity index (χ0) is 24.7. The van der Waals surface area contributed by atoms with E-state index in [1.54, 1.807) is 11.3 Å². The molecular formula is C25H29N7OS2. The Balaban J connectivity index is 1.55. The van der Waals surface area contributed by atoms with Gasteiger partial charge in [0.05, 0.1) is 0 Å². The fraction of sp³-hybridized carbons (Fsp3) is 0.400. The number of rotatable bonds is 7. The molecule has 3 aromatic heterocycles. The normalized spacial score (nSPS) is 13.7. The van der Waals surface area contributed by atoms with Crippen molar-refractivity contribution in [2.24, 2.45) is 0 Å². The predicted molar refractivity (Wildman–Crippen MR) is 141 cm³/mol. The second-order valence-electron chi connectivity index (χ2n) is 9.81. The quantitative estimate of drug-likeness (QED) is 0.340. The number of carbonyl (C=O) groups is 1. The van der Waals surface area contributed by atoms with Gasteiger partial charge in [-0.3, -0.25) is 4.79 Å². The third-order valence-corrected chi connectivity index (χ3v) is 7.92. The van der Waals surface area contributed by atoms with E-state index in [-0.39, 0.29) is 11.3 Å². The number of nitrogens with two attached hydrogens (primary N) is 1. The van der Waals surface area contributed by atoms with Gasteiger partial charge < -0.3 is 15.6 Å². The van der Waals surface area contributed by atoms with Crippen LogP contribution in [0.1, 0.15) is 54.4 Å². The van der Waals surface area contributed by atoms with Gasteiger partial charge in [0.1, 0.15) is 11.3 Å². The number of imidazole rings is 1. The molecule has 0 spiro atoms. The molecule has 8 nitrogen and oxygen atoms in total. The molecular weight excluding hydrogens is 478 g/mol. The van der Waals surface area contributed by atoms with Crippen LogP contribution in [0.4, 0.5) is 5.82 Å². The van der Waals surface area contributed by atoms with Crippen LogP contribution in [0.2, 0.25) is 0 Å². The second-order valence-corrected chi connectivity index (χ2v) is 12.1. The summed E-state index contributed by atoms with van der Waals surface area (Å²) in [4.78, 5) is 32.8. The number of nitrogens with one attached hydrogen (secondary N) is 1. The molecule has 0 radical (unpaired) electrons. The van der Waals surface area contributed by atoms with E-state index in [1.807, 2.05) is 12.3 Å². The minimum Gasteiger partial charge on any atom is -0.382 e. The zero-order valence-electron chi connectivity index (χ0n) is 20.4. The average molecular weight is 508 g/mol. The molecule has 4 aromatic rings. The minimum atomic E-state index is 0.0544. The number of aromatic nitrogens is 5. The fourth-order valence-corrected chi connectivity index (χ4v) is 6.14. The summed E-state index contributed by atoms with van der Waals surface area (Å²) < 4.78 is 2.11. The first-order valence-corrected chi connectivity index (χ1v) is 13.4. The molecule has 3 N–H and O–H groups in total. The van der Waals surface area contributed by atoms with Crippen molar-refractivity contribution in [1.82, 2.24) is 29.8 Å². The van der Waals surface area contributed by atoms with E-state index in [9.17, 15) is 4.79 Å². The molecule has 0 aliphatic heterocycles. The Morgan fingerprint density at radius 2 is 2.00 bits per heavy atom. The summed E-state index contributed by atoms with van der Waals surface area (Å²) in [5, 5.41) is 5.26. The Labute approximate surface area is 212 Å². The van der Waals surface area contributed by atoms with Gasteiger partial charge in [0.25, 0.3) is 0 Å². The Kier molecular flexibility index (Phi) is 6.37. The van der Waals surface area contributed by atoms with Crippen molar-refractivity contribution in [3.63, 3.8) is 0 Å². The Bertz CT molecular complexity index is 1420. The first-order valence-electron chi connectivity index (χ1n) is 11.7. The van der Waals surface area contributed by atoms with E-state index in [1.165, 1.54) is 18.1 Å². The molecule has 1 aromatic carbocycles. The number of thiazole rings is 1. The number of ketones is 1. The molecule has 182 valence electrons. The topological polar surface area (TPSA) is 112 Å². The lowest BCUT2D eigenvalue weighted by Gasteiger charge is -2.20. The third-order valence-electron chi connectivity index (χ3n) is 5.92. The number of hydrogen-bond acceptors (Lipinski definition) is 9. The summed E-state index contributed by atoms with van der Waals surface area (Å²) in [5.41, 5.74) is 10.5. The molecule has 0 saturated heterocycles. The van der Waals surface area contributed by atoms with Gasteiger partial charge in [-0.05, 0) is 64.8 Å². The predicted octanol–water partition coefficient (Wildman–Crippen LogP) is 4.90. The molecule has 3 heterocycles. The van der Waals surface area contributed by atoms with E-state index in [2.05, 4.69) is 58.6 Å². The molecule has 5 rings (SSSR count). The molecule has 0 atom stereocenters. The van der Waals surface area contributed by atoms with E-state index in [0.29, 0.717) is 17.8 Å². The smallest absolute Gasteiger partial charge is 0.175 e. The van der Waals surface area contributed by atoms with Crippen molar-refractivity contribution in [2.45, 2.75) is 69.1 Å². The molecule has 1 aliphatic rings. The Hall–Kier alpha value is -2.82. The zero-order valence-corrected chi connectivity index (χ0v) is 22.0. The molecule has 0 unspecified atom stereocenters. The maximum absolute atomic E-state index is 12.5. The van der Waals surface area contributed by atoms with E-state index in [0.717, 1.165) is 68.2 Å². The van der Waals surface area contributed by atoms with Crippen molar-refractivity contribution < 1.29 is 4.79 Å². The highest BCUT2D eigenvalue weighted by molar-refractivity contribution is 7.99. The van der Waals surface area contributed by atoms with Crippen molar-refractivity contribution in [3.8, 4) is 10.6 Å². The number of fused-ring (bicyclic) bond motifs is 2. The van der Waals surface area contributed by atoms with Gasteiger partial charge in [0.2, 0.25) is 0 Å². The van der Waals surface area contributed by atoms with Gasteiger partial charge in [0.15, 0.2) is 27.9 Å². The summed E-state index contributed by atoms with van der Waals surface area (Å²) >= 11 is 3.19.